The van der Waals surface area contributed by atoms with E-state index >= 15 is 0 Å². The second-order valence-electron chi connectivity index (χ2n) is 4.26. The summed E-state index contributed by atoms with van der Waals surface area (Å²) < 4.78 is -0.382. The number of quaternary nitrogens is 1. The average molecular weight is 279 g/mol. The number of rotatable bonds is 2. The maximum absolute atomic E-state index is 12.1. The highest BCUT2D eigenvalue weighted by molar-refractivity contribution is 9.09. The summed E-state index contributed by atoms with van der Waals surface area (Å²) in [5, 5.41) is 9.80. The number of likely N-dealkylation sites (tertiary alicyclic amines) is 1. The van der Waals surface area contributed by atoms with Crippen LogP contribution in [-0.2, 0) is 4.79 Å². The van der Waals surface area contributed by atoms with Crippen LogP contribution in [0.2, 0.25) is 0 Å². The first kappa shape index (κ1) is 12.6. The molecule has 3 atom stereocenters. The van der Waals surface area contributed by atoms with Gasteiger partial charge in [0.15, 0.2) is 0 Å². The molecule has 1 rings (SSSR count). The highest BCUT2D eigenvalue weighted by Gasteiger charge is 2.53. The standard InChI is InChI=1S/C10H16BrNO3/c1-7(6-11)9(13)12(10(14)15)5-3-4-8(12)2/h7-8H,3-6H2,1-2H3/p+1/t7?,8-,12?/m1/s1. The maximum atomic E-state index is 12.1. The Bertz CT molecular complexity index is 282. The minimum absolute atomic E-state index is 0.100. The third-order valence-corrected chi connectivity index (χ3v) is 4.24. The molecule has 5 heteroatoms. The lowest BCUT2D eigenvalue weighted by atomic mass is 10.1. The van der Waals surface area contributed by atoms with Crippen LogP contribution in [0.15, 0.2) is 0 Å². The van der Waals surface area contributed by atoms with Crippen molar-refractivity contribution in [3.8, 4) is 0 Å². The lowest BCUT2D eigenvalue weighted by Crippen LogP contribution is -2.60. The van der Waals surface area contributed by atoms with Gasteiger partial charge in [-0.15, -0.1) is 0 Å². The Balaban J connectivity index is 3.02. The van der Waals surface area contributed by atoms with Gasteiger partial charge in [0.1, 0.15) is 6.04 Å². The largest absolute Gasteiger partial charge is 0.521 e. The van der Waals surface area contributed by atoms with E-state index in [4.69, 9.17) is 0 Å². The van der Waals surface area contributed by atoms with E-state index in [1.54, 1.807) is 6.92 Å². The van der Waals surface area contributed by atoms with E-state index in [2.05, 4.69) is 15.9 Å². The van der Waals surface area contributed by atoms with Gasteiger partial charge in [-0.1, -0.05) is 15.9 Å². The van der Waals surface area contributed by atoms with Gasteiger partial charge in [-0.05, 0) is 13.8 Å². The molecule has 1 fully saturated rings. The molecule has 0 radical (unpaired) electrons. The lowest BCUT2D eigenvalue weighted by Gasteiger charge is -2.31. The molecule has 0 bridgehead atoms. The summed E-state index contributed by atoms with van der Waals surface area (Å²) in [6.07, 6.45) is 0.624. The minimum Gasteiger partial charge on any atom is -0.435 e. The van der Waals surface area contributed by atoms with Crippen LogP contribution in [0.25, 0.3) is 0 Å². The number of amides is 2. The lowest BCUT2D eigenvalue weighted by molar-refractivity contribution is -0.793. The topological polar surface area (TPSA) is 54.4 Å². The number of hydrogen-bond donors (Lipinski definition) is 1. The van der Waals surface area contributed by atoms with Crippen molar-refractivity contribution >= 4 is 27.9 Å². The zero-order valence-corrected chi connectivity index (χ0v) is 10.7. The summed E-state index contributed by atoms with van der Waals surface area (Å²) in [7, 11) is 0. The first-order valence-electron chi connectivity index (χ1n) is 5.18. The first-order chi connectivity index (χ1) is 6.96. The van der Waals surface area contributed by atoms with Crippen molar-refractivity contribution in [1.82, 2.24) is 0 Å². The normalized spacial score (nSPS) is 32.6. The number of hydrogen-bond acceptors (Lipinski definition) is 2. The number of alkyl halides is 1. The van der Waals surface area contributed by atoms with Crippen LogP contribution < -0.4 is 0 Å². The van der Waals surface area contributed by atoms with Gasteiger partial charge in [-0.25, -0.2) is 4.79 Å². The highest BCUT2D eigenvalue weighted by atomic mass is 79.9. The summed E-state index contributed by atoms with van der Waals surface area (Å²) in [5.74, 6) is -0.425. The summed E-state index contributed by atoms with van der Waals surface area (Å²) in [6.45, 7) is 4.05. The van der Waals surface area contributed by atoms with Crippen molar-refractivity contribution in [3.05, 3.63) is 0 Å². The molecule has 0 aromatic rings. The van der Waals surface area contributed by atoms with E-state index in [0.29, 0.717) is 11.9 Å². The van der Waals surface area contributed by atoms with Gasteiger partial charge in [-0.2, -0.15) is 9.28 Å². The van der Waals surface area contributed by atoms with Crippen LogP contribution in [0.1, 0.15) is 26.7 Å². The molecule has 1 saturated heterocycles. The third-order valence-electron chi connectivity index (χ3n) is 3.27. The van der Waals surface area contributed by atoms with Gasteiger partial charge in [0.25, 0.3) is 0 Å². The summed E-state index contributed by atoms with van der Waals surface area (Å²) in [5.41, 5.74) is 0. The molecule has 0 aromatic heterocycles. The summed E-state index contributed by atoms with van der Waals surface area (Å²) in [6, 6.07) is -0.100. The van der Waals surface area contributed by atoms with Crippen LogP contribution >= 0.6 is 15.9 Å². The van der Waals surface area contributed by atoms with E-state index in [0.717, 1.165) is 12.8 Å². The Kier molecular flexibility index (Phi) is 3.89. The zero-order chi connectivity index (χ0) is 11.6. The van der Waals surface area contributed by atoms with Crippen LogP contribution in [0.5, 0.6) is 0 Å². The van der Waals surface area contributed by atoms with Crippen molar-refractivity contribution in [3.63, 3.8) is 0 Å². The molecule has 15 heavy (non-hydrogen) atoms. The fraction of sp³-hybridized carbons (Fsp3) is 0.800. The van der Waals surface area contributed by atoms with Gasteiger partial charge >= 0.3 is 12.0 Å². The Hall–Kier alpha value is -0.420. The number of carbonyl (C=O) groups excluding carboxylic acids is 1. The molecule has 0 saturated carbocycles. The Labute approximate surface area is 98.0 Å². The van der Waals surface area contributed by atoms with Crippen LogP contribution in [0.4, 0.5) is 4.79 Å². The molecule has 1 N–H and O–H groups in total. The van der Waals surface area contributed by atoms with E-state index in [1.165, 1.54) is 0 Å². The van der Waals surface area contributed by atoms with Crippen LogP contribution in [0, 0.1) is 5.92 Å². The number of imide groups is 1. The molecule has 2 unspecified atom stereocenters. The SMILES string of the molecule is CC(CBr)C(=O)[N+]1(C(=O)O)CCC[C@H]1C. The Morgan fingerprint density at radius 2 is 2.20 bits per heavy atom. The molecule has 0 aliphatic carbocycles. The molecule has 4 nitrogen and oxygen atoms in total. The van der Waals surface area contributed by atoms with Crippen molar-refractivity contribution in [2.24, 2.45) is 5.92 Å². The second-order valence-corrected chi connectivity index (χ2v) is 4.91. The van der Waals surface area contributed by atoms with Gasteiger partial charge < -0.3 is 5.11 Å². The molecule has 0 spiro atoms. The summed E-state index contributed by atoms with van der Waals surface area (Å²) >= 11 is 3.23. The third kappa shape index (κ3) is 1.95. The number of halogens is 1. The van der Waals surface area contributed by atoms with Crippen LogP contribution in [0.3, 0.4) is 0 Å². The van der Waals surface area contributed by atoms with Crippen molar-refractivity contribution in [2.75, 3.05) is 11.9 Å². The van der Waals surface area contributed by atoms with Gasteiger partial charge in [0.2, 0.25) is 0 Å². The smallest absolute Gasteiger partial charge is 0.435 e. The zero-order valence-electron chi connectivity index (χ0n) is 9.07. The fourth-order valence-electron chi connectivity index (χ4n) is 2.24. The molecule has 1 heterocycles. The van der Waals surface area contributed by atoms with E-state index in [1.807, 2.05) is 6.92 Å². The van der Waals surface area contributed by atoms with Crippen molar-refractivity contribution in [2.45, 2.75) is 32.7 Å². The Morgan fingerprint density at radius 1 is 1.60 bits per heavy atom. The molecule has 1 aliphatic rings. The number of nitrogens with zero attached hydrogens (tertiary/aromatic N) is 1. The average Bonchev–Trinajstić information content (AvgIpc) is 2.58. The van der Waals surface area contributed by atoms with Crippen LogP contribution in [-0.4, -0.2) is 39.5 Å². The molecular weight excluding hydrogens is 262 g/mol. The van der Waals surface area contributed by atoms with E-state index in [9.17, 15) is 14.7 Å². The first-order valence-corrected chi connectivity index (χ1v) is 6.30. The number of carboxylic acid groups (broad SMARTS) is 1. The Morgan fingerprint density at radius 3 is 2.53 bits per heavy atom. The molecular formula is C10H17BrNO3+. The van der Waals surface area contributed by atoms with Crippen molar-refractivity contribution < 1.29 is 19.2 Å². The van der Waals surface area contributed by atoms with E-state index in [-0.39, 0.29) is 22.3 Å². The van der Waals surface area contributed by atoms with Crippen molar-refractivity contribution in [1.29, 1.82) is 0 Å². The molecule has 1 aliphatic heterocycles. The minimum atomic E-state index is -1.00. The maximum Gasteiger partial charge on any atom is 0.521 e. The quantitative estimate of drug-likeness (QED) is 0.623. The monoisotopic (exact) mass is 278 g/mol. The predicted octanol–water partition coefficient (Wildman–Crippen LogP) is 2.22. The highest BCUT2D eigenvalue weighted by Crippen LogP contribution is 2.30. The molecule has 86 valence electrons. The molecule has 2 amide bonds. The fourth-order valence-corrected chi connectivity index (χ4v) is 2.52. The second kappa shape index (κ2) is 4.61. The predicted molar refractivity (Wildman–Crippen MR) is 59.8 cm³/mol. The van der Waals surface area contributed by atoms with Gasteiger partial charge in [0, 0.05) is 18.2 Å². The van der Waals surface area contributed by atoms with E-state index < -0.39 is 6.09 Å². The summed E-state index contributed by atoms with van der Waals surface area (Å²) in [4.78, 5) is 23.4. The molecule has 0 aromatic carbocycles. The van der Waals surface area contributed by atoms with Gasteiger partial charge in [-0.3, -0.25) is 0 Å². The van der Waals surface area contributed by atoms with Gasteiger partial charge in [0.05, 0.1) is 12.5 Å². The number of carbonyl (C=O) groups is 2.